The average molecular weight is 383 g/mol. The Bertz CT molecular complexity index is 1220. The maximum Gasteiger partial charge on any atom is 0.260 e. The van der Waals surface area contributed by atoms with E-state index in [1.54, 1.807) is 5.01 Å². The van der Waals surface area contributed by atoms with Gasteiger partial charge in [-0.05, 0) is 30.2 Å². The Balaban J connectivity index is 1.79. The summed E-state index contributed by atoms with van der Waals surface area (Å²) in [5.74, 6) is 0. The average Bonchev–Trinajstić information content (AvgIpc) is 3.16. The summed E-state index contributed by atoms with van der Waals surface area (Å²) in [6, 6.07) is 19.9. The van der Waals surface area contributed by atoms with Crippen LogP contribution in [0.1, 0.15) is 18.1 Å². The fourth-order valence-electron chi connectivity index (χ4n) is 3.35. The van der Waals surface area contributed by atoms with E-state index in [4.69, 9.17) is 0 Å². The van der Waals surface area contributed by atoms with Gasteiger partial charge in [0.15, 0.2) is 5.65 Å². The van der Waals surface area contributed by atoms with Crippen molar-refractivity contribution in [1.82, 2.24) is 19.5 Å². The normalized spacial score (nSPS) is 11.6. The SMILES string of the molecule is C=NN(/C=C(\C)c1cn(-c2ccccc2)c2nc[nH]c(=O)c12)Cc1ccccc1. The molecule has 0 bridgehead atoms. The number of para-hydroxylation sites is 1. The van der Waals surface area contributed by atoms with Crippen molar-refractivity contribution >= 4 is 23.3 Å². The molecular formula is C23H21N5O. The summed E-state index contributed by atoms with van der Waals surface area (Å²) >= 11 is 0. The van der Waals surface area contributed by atoms with E-state index in [2.05, 4.69) is 21.8 Å². The molecule has 0 fully saturated rings. The van der Waals surface area contributed by atoms with Gasteiger partial charge < -0.3 is 9.55 Å². The third-order valence-electron chi connectivity index (χ3n) is 4.76. The zero-order valence-corrected chi connectivity index (χ0v) is 16.1. The first kappa shape index (κ1) is 18.4. The minimum atomic E-state index is -0.173. The second-order valence-corrected chi connectivity index (χ2v) is 6.72. The lowest BCUT2D eigenvalue weighted by Crippen LogP contribution is -2.10. The van der Waals surface area contributed by atoms with Crippen molar-refractivity contribution < 1.29 is 0 Å². The number of aromatic nitrogens is 3. The van der Waals surface area contributed by atoms with Crippen LogP contribution in [0.4, 0.5) is 0 Å². The summed E-state index contributed by atoms with van der Waals surface area (Å²) in [5, 5.41) is 6.43. The van der Waals surface area contributed by atoms with Crippen molar-refractivity contribution in [1.29, 1.82) is 0 Å². The smallest absolute Gasteiger partial charge is 0.260 e. The molecule has 6 heteroatoms. The Morgan fingerprint density at radius 3 is 2.55 bits per heavy atom. The monoisotopic (exact) mass is 383 g/mol. The molecule has 0 atom stereocenters. The van der Waals surface area contributed by atoms with Crippen molar-refractivity contribution in [3.05, 3.63) is 101 Å². The fraction of sp³-hybridized carbons (Fsp3) is 0.0870. The van der Waals surface area contributed by atoms with Crippen LogP contribution < -0.4 is 5.56 Å². The van der Waals surface area contributed by atoms with Gasteiger partial charge in [-0.1, -0.05) is 48.5 Å². The Morgan fingerprint density at radius 2 is 1.86 bits per heavy atom. The first-order valence-corrected chi connectivity index (χ1v) is 9.27. The van der Waals surface area contributed by atoms with Gasteiger partial charge in [-0.3, -0.25) is 9.80 Å². The van der Waals surface area contributed by atoms with E-state index in [1.807, 2.05) is 84.6 Å². The van der Waals surface area contributed by atoms with E-state index in [1.165, 1.54) is 6.33 Å². The summed E-state index contributed by atoms with van der Waals surface area (Å²) < 4.78 is 1.93. The first-order valence-electron chi connectivity index (χ1n) is 9.27. The van der Waals surface area contributed by atoms with Gasteiger partial charge in [0.2, 0.25) is 0 Å². The number of rotatable bonds is 6. The van der Waals surface area contributed by atoms with Crippen LogP contribution in [-0.2, 0) is 6.54 Å². The molecule has 0 saturated heterocycles. The zero-order valence-electron chi connectivity index (χ0n) is 16.1. The minimum Gasteiger partial charge on any atom is -0.312 e. The highest BCUT2D eigenvalue weighted by Crippen LogP contribution is 2.26. The van der Waals surface area contributed by atoms with Crippen LogP contribution in [-0.4, -0.2) is 26.3 Å². The fourth-order valence-corrected chi connectivity index (χ4v) is 3.35. The molecule has 4 rings (SSSR count). The van der Waals surface area contributed by atoms with Crippen LogP contribution >= 0.6 is 0 Å². The summed E-state index contributed by atoms with van der Waals surface area (Å²) in [7, 11) is 0. The lowest BCUT2D eigenvalue weighted by Gasteiger charge is -2.15. The maximum atomic E-state index is 12.6. The van der Waals surface area contributed by atoms with Crippen molar-refractivity contribution in [2.75, 3.05) is 0 Å². The molecule has 29 heavy (non-hydrogen) atoms. The number of hydrazone groups is 1. The van der Waals surface area contributed by atoms with E-state index in [0.29, 0.717) is 17.6 Å². The zero-order chi connectivity index (χ0) is 20.2. The van der Waals surface area contributed by atoms with Crippen LogP contribution in [0.2, 0.25) is 0 Å². The van der Waals surface area contributed by atoms with Crippen LogP contribution in [0.3, 0.4) is 0 Å². The Hall–Kier alpha value is -3.93. The molecule has 4 aromatic rings. The van der Waals surface area contributed by atoms with E-state index in [9.17, 15) is 4.79 Å². The molecule has 2 heterocycles. The second kappa shape index (κ2) is 7.98. The minimum absolute atomic E-state index is 0.173. The van der Waals surface area contributed by atoms with E-state index in [-0.39, 0.29) is 5.56 Å². The molecule has 2 aromatic carbocycles. The van der Waals surface area contributed by atoms with E-state index >= 15 is 0 Å². The van der Waals surface area contributed by atoms with E-state index in [0.717, 1.165) is 22.4 Å². The van der Waals surface area contributed by atoms with Crippen molar-refractivity contribution in [3.63, 3.8) is 0 Å². The number of aromatic amines is 1. The topological polar surface area (TPSA) is 66.3 Å². The van der Waals surface area contributed by atoms with Crippen molar-refractivity contribution in [2.45, 2.75) is 13.5 Å². The summed E-state index contributed by atoms with van der Waals surface area (Å²) in [4.78, 5) is 19.7. The number of H-pyrrole nitrogens is 1. The summed E-state index contributed by atoms with van der Waals surface area (Å²) in [5.41, 5.74) is 4.21. The number of fused-ring (bicyclic) bond motifs is 1. The number of allylic oxidation sites excluding steroid dienone is 1. The molecule has 0 aliphatic carbocycles. The second-order valence-electron chi connectivity index (χ2n) is 6.72. The highest BCUT2D eigenvalue weighted by atomic mass is 16.1. The molecule has 0 spiro atoms. The standard InChI is InChI=1S/C23H21N5O/c1-17(13-27(24-2)14-18-9-5-3-6-10-18)20-15-28(19-11-7-4-8-12-19)22-21(20)23(29)26-16-25-22/h3-13,15-16H,2,14H2,1H3,(H,25,26,29)/b17-13+. The molecule has 6 nitrogen and oxygen atoms in total. The lowest BCUT2D eigenvalue weighted by atomic mass is 10.1. The molecule has 0 amide bonds. The molecule has 0 aliphatic heterocycles. The summed E-state index contributed by atoms with van der Waals surface area (Å²) in [6.45, 7) is 6.23. The van der Waals surface area contributed by atoms with Gasteiger partial charge in [-0.25, -0.2) is 4.98 Å². The predicted molar refractivity (Wildman–Crippen MR) is 117 cm³/mol. The molecule has 0 saturated carbocycles. The van der Waals surface area contributed by atoms with Gasteiger partial charge in [-0.2, -0.15) is 5.10 Å². The van der Waals surface area contributed by atoms with Gasteiger partial charge in [0.25, 0.3) is 5.56 Å². The number of nitrogens with one attached hydrogen (secondary N) is 1. The van der Waals surface area contributed by atoms with Crippen molar-refractivity contribution in [3.8, 4) is 5.69 Å². The highest BCUT2D eigenvalue weighted by molar-refractivity contribution is 5.90. The van der Waals surface area contributed by atoms with Crippen LogP contribution in [0.15, 0.2) is 89.3 Å². The number of nitrogens with zero attached hydrogens (tertiary/aromatic N) is 4. The van der Waals surface area contributed by atoms with Gasteiger partial charge in [0.1, 0.15) is 0 Å². The highest BCUT2D eigenvalue weighted by Gasteiger charge is 2.16. The number of benzene rings is 2. The number of hydrogen-bond donors (Lipinski definition) is 1. The Kier molecular flexibility index (Phi) is 5.07. The quantitative estimate of drug-likeness (QED) is 0.401. The van der Waals surface area contributed by atoms with E-state index < -0.39 is 0 Å². The van der Waals surface area contributed by atoms with Gasteiger partial charge in [-0.15, -0.1) is 0 Å². The van der Waals surface area contributed by atoms with Crippen LogP contribution in [0.25, 0.3) is 22.3 Å². The third kappa shape index (κ3) is 3.73. The molecule has 0 aliphatic rings. The van der Waals surface area contributed by atoms with Gasteiger partial charge in [0.05, 0.1) is 18.3 Å². The van der Waals surface area contributed by atoms with Crippen LogP contribution in [0.5, 0.6) is 0 Å². The van der Waals surface area contributed by atoms with Crippen LogP contribution in [0, 0.1) is 0 Å². The molecule has 144 valence electrons. The molecule has 1 N–H and O–H groups in total. The molecule has 2 aromatic heterocycles. The maximum absolute atomic E-state index is 12.6. The lowest BCUT2D eigenvalue weighted by molar-refractivity contribution is 0.397. The Labute approximate surface area is 168 Å². The predicted octanol–water partition coefficient (Wildman–Crippen LogP) is 4.19. The Morgan fingerprint density at radius 1 is 1.17 bits per heavy atom. The summed E-state index contributed by atoms with van der Waals surface area (Å²) in [6.07, 6.45) is 5.27. The number of hydrogen-bond acceptors (Lipinski definition) is 4. The third-order valence-corrected chi connectivity index (χ3v) is 4.76. The largest absolute Gasteiger partial charge is 0.312 e. The molecule has 0 radical (unpaired) electrons. The first-order chi connectivity index (χ1) is 14.2. The van der Waals surface area contributed by atoms with Crippen molar-refractivity contribution in [2.24, 2.45) is 5.10 Å². The van der Waals surface area contributed by atoms with Gasteiger partial charge in [0, 0.05) is 30.4 Å². The van der Waals surface area contributed by atoms with Gasteiger partial charge >= 0.3 is 0 Å². The molecule has 0 unspecified atom stereocenters. The molecular weight excluding hydrogens is 362 g/mol.